The van der Waals surface area contributed by atoms with E-state index in [1.54, 1.807) is 4.57 Å². The lowest BCUT2D eigenvalue weighted by atomic mass is 10.1. The van der Waals surface area contributed by atoms with E-state index in [1.807, 2.05) is 85.8 Å². The normalized spacial score (nSPS) is 10.6. The summed E-state index contributed by atoms with van der Waals surface area (Å²) < 4.78 is 2.10. The molecule has 6 nitrogen and oxygen atoms in total. The molecule has 7 heteroatoms. The highest BCUT2D eigenvalue weighted by molar-refractivity contribution is 7.71. The van der Waals surface area contributed by atoms with Gasteiger partial charge in [0.15, 0.2) is 10.6 Å². The van der Waals surface area contributed by atoms with Crippen molar-refractivity contribution < 1.29 is 4.79 Å². The number of anilines is 3. The van der Waals surface area contributed by atoms with Crippen LogP contribution < -0.4 is 10.6 Å². The Morgan fingerprint density at radius 2 is 1.57 bits per heavy atom. The second-order valence-corrected chi connectivity index (χ2v) is 7.31. The molecular weight excluding hydrogens is 394 g/mol. The molecule has 30 heavy (non-hydrogen) atoms. The van der Waals surface area contributed by atoms with Crippen molar-refractivity contribution in [3.8, 4) is 11.4 Å². The number of para-hydroxylation sites is 1. The molecule has 3 N–H and O–H groups in total. The summed E-state index contributed by atoms with van der Waals surface area (Å²) in [5.41, 5.74) is 4.72. The number of aryl methyl sites for hydroxylation is 1. The average Bonchev–Trinajstić information content (AvgIpc) is 3.11. The molecule has 4 rings (SSSR count). The summed E-state index contributed by atoms with van der Waals surface area (Å²) >= 11 is 5.32. The minimum Gasteiger partial charge on any atom is -0.356 e. The maximum atomic E-state index is 12.6. The van der Waals surface area contributed by atoms with Crippen molar-refractivity contribution in [2.24, 2.45) is 0 Å². The van der Waals surface area contributed by atoms with Gasteiger partial charge in [-0.15, -0.1) is 0 Å². The molecule has 0 atom stereocenters. The first-order valence-corrected chi connectivity index (χ1v) is 9.93. The number of aromatic amines is 1. The van der Waals surface area contributed by atoms with Crippen LogP contribution in [0.4, 0.5) is 17.1 Å². The van der Waals surface area contributed by atoms with Crippen molar-refractivity contribution in [3.05, 3.63) is 89.2 Å². The van der Waals surface area contributed by atoms with Crippen molar-refractivity contribution in [2.45, 2.75) is 13.5 Å². The topological polar surface area (TPSA) is 74.7 Å². The first-order chi connectivity index (χ1) is 14.6. The number of aromatic nitrogens is 3. The van der Waals surface area contributed by atoms with Crippen molar-refractivity contribution in [1.82, 2.24) is 14.8 Å². The lowest BCUT2D eigenvalue weighted by Crippen LogP contribution is -2.19. The van der Waals surface area contributed by atoms with Gasteiger partial charge in [-0.1, -0.05) is 48.0 Å². The molecular formula is C23H21N5OS. The summed E-state index contributed by atoms with van der Waals surface area (Å²) in [4.78, 5) is 12.6. The molecule has 0 bridgehead atoms. The van der Waals surface area contributed by atoms with Crippen molar-refractivity contribution in [3.63, 3.8) is 0 Å². The van der Waals surface area contributed by atoms with Crippen molar-refractivity contribution in [1.29, 1.82) is 0 Å². The third-order valence-electron chi connectivity index (χ3n) is 4.60. The van der Waals surface area contributed by atoms with Crippen LogP contribution in [-0.2, 0) is 11.3 Å². The van der Waals surface area contributed by atoms with Crippen LogP contribution in [0, 0.1) is 11.7 Å². The minimum absolute atomic E-state index is 0.0720. The minimum atomic E-state index is -0.176. The monoisotopic (exact) mass is 415 g/mol. The van der Waals surface area contributed by atoms with E-state index >= 15 is 0 Å². The predicted molar refractivity (Wildman–Crippen MR) is 122 cm³/mol. The molecule has 3 aromatic carbocycles. The first-order valence-electron chi connectivity index (χ1n) is 9.53. The number of benzene rings is 3. The molecule has 0 radical (unpaired) electrons. The molecule has 0 saturated carbocycles. The quantitative estimate of drug-likeness (QED) is 0.374. The lowest BCUT2D eigenvalue weighted by molar-refractivity contribution is -0.116. The molecule has 0 fully saturated rings. The van der Waals surface area contributed by atoms with E-state index in [9.17, 15) is 4.79 Å². The fourth-order valence-corrected chi connectivity index (χ4v) is 3.25. The van der Waals surface area contributed by atoms with Gasteiger partial charge < -0.3 is 10.6 Å². The zero-order valence-electron chi connectivity index (χ0n) is 16.4. The predicted octanol–water partition coefficient (Wildman–Crippen LogP) is 5.30. The van der Waals surface area contributed by atoms with E-state index in [4.69, 9.17) is 12.2 Å². The Kier molecular flexibility index (Phi) is 5.72. The highest BCUT2D eigenvalue weighted by atomic mass is 32.1. The average molecular weight is 416 g/mol. The van der Waals surface area contributed by atoms with Crippen LogP contribution in [0.2, 0.25) is 0 Å². The summed E-state index contributed by atoms with van der Waals surface area (Å²) in [7, 11) is 0. The van der Waals surface area contributed by atoms with Gasteiger partial charge in [-0.25, -0.2) is 0 Å². The number of hydrogen-bond acceptors (Lipinski definition) is 4. The molecule has 4 aromatic rings. The molecule has 0 aliphatic rings. The van der Waals surface area contributed by atoms with Crippen LogP contribution in [-0.4, -0.2) is 20.7 Å². The van der Waals surface area contributed by atoms with Gasteiger partial charge in [0.2, 0.25) is 5.91 Å². The van der Waals surface area contributed by atoms with Crippen LogP contribution in [0.5, 0.6) is 0 Å². The summed E-state index contributed by atoms with van der Waals surface area (Å²) in [6, 6.07) is 25.4. The van der Waals surface area contributed by atoms with E-state index in [0.29, 0.717) is 16.3 Å². The van der Waals surface area contributed by atoms with Gasteiger partial charge in [-0.3, -0.25) is 14.5 Å². The molecule has 0 spiro atoms. The Morgan fingerprint density at radius 3 is 2.27 bits per heavy atom. The molecule has 0 aliphatic carbocycles. The van der Waals surface area contributed by atoms with Crippen LogP contribution in [0.3, 0.4) is 0 Å². The Hall–Kier alpha value is -3.71. The standard InChI is InChI=1S/C23H21N5OS/c1-16-7-9-17(10-8-16)22-26-27-23(30)28(22)15-21(29)25-20-13-11-19(12-14-20)24-18-5-3-2-4-6-18/h2-14,24H,15H2,1H3,(H,25,29)(H,27,30). The molecule has 1 aromatic heterocycles. The zero-order chi connectivity index (χ0) is 20.9. The van der Waals surface area contributed by atoms with E-state index in [-0.39, 0.29) is 12.5 Å². The number of nitrogens with one attached hydrogen (secondary N) is 3. The van der Waals surface area contributed by atoms with E-state index in [1.165, 1.54) is 0 Å². The van der Waals surface area contributed by atoms with Crippen LogP contribution in [0.1, 0.15) is 5.56 Å². The number of amides is 1. The molecule has 0 saturated heterocycles. The van der Waals surface area contributed by atoms with Gasteiger partial charge in [-0.2, -0.15) is 5.10 Å². The van der Waals surface area contributed by atoms with Gasteiger partial charge in [-0.05, 0) is 55.5 Å². The molecule has 0 unspecified atom stereocenters. The van der Waals surface area contributed by atoms with Crippen LogP contribution in [0.15, 0.2) is 78.9 Å². The highest BCUT2D eigenvalue weighted by Gasteiger charge is 2.12. The second-order valence-electron chi connectivity index (χ2n) is 6.92. The summed E-state index contributed by atoms with van der Waals surface area (Å²) in [5, 5.41) is 13.3. The summed E-state index contributed by atoms with van der Waals surface area (Å²) in [6.45, 7) is 2.09. The smallest absolute Gasteiger partial charge is 0.244 e. The van der Waals surface area contributed by atoms with Gasteiger partial charge in [0.25, 0.3) is 0 Å². The van der Waals surface area contributed by atoms with Gasteiger partial charge >= 0.3 is 0 Å². The number of carbonyl (C=O) groups excluding carboxylic acids is 1. The van der Waals surface area contributed by atoms with E-state index < -0.39 is 0 Å². The largest absolute Gasteiger partial charge is 0.356 e. The van der Waals surface area contributed by atoms with Gasteiger partial charge in [0.05, 0.1) is 0 Å². The van der Waals surface area contributed by atoms with E-state index in [2.05, 4.69) is 20.8 Å². The third-order valence-corrected chi connectivity index (χ3v) is 4.91. The molecule has 150 valence electrons. The number of hydrogen-bond donors (Lipinski definition) is 3. The maximum Gasteiger partial charge on any atom is 0.244 e. The Bertz CT molecular complexity index is 1200. The fraction of sp³-hybridized carbons (Fsp3) is 0.0870. The molecule has 1 amide bonds. The number of nitrogens with zero attached hydrogens (tertiary/aromatic N) is 2. The maximum absolute atomic E-state index is 12.6. The van der Waals surface area contributed by atoms with Crippen molar-refractivity contribution >= 4 is 35.2 Å². The van der Waals surface area contributed by atoms with Crippen LogP contribution in [0.25, 0.3) is 11.4 Å². The van der Waals surface area contributed by atoms with Gasteiger partial charge in [0, 0.05) is 22.6 Å². The van der Waals surface area contributed by atoms with Crippen LogP contribution >= 0.6 is 12.2 Å². The molecule has 0 aliphatic heterocycles. The molecule has 1 heterocycles. The zero-order valence-corrected chi connectivity index (χ0v) is 17.2. The summed E-state index contributed by atoms with van der Waals surface area (Å²) in [6.07, 6.45) is 0. The fourth-order valence-electron chi connectivity index (χ4n) is 3.06. The Morgan fingerprint density at radius 1 is 0.933 bits per heavy atom. The second kappa shape index (κ2) is 8.75. The van der Waals surface area contributed by atoms with Gasteiger partial charge in [0.1, 0.15) is 6.54 Å². The highest BCUT2D eigenvalue weighted by Crippen LogP contribution is 2.20. The van der Waals surface area contributed by atoms with E-state index in [0.717, 1.165) is 22.5 Å². The number of rotatable bonds is 6. The summed E-state index contributed by atoms with van der Waals surface area (Å²) in [5.74, 6) is 0.460. The third kappa shape index (κ3) is 4.64. The lowest BCUT2D eigenvalue weighted by Gasteiger charge is -2.10. The number of H-pyrrole nitrogens is 1. The Balaban J connectivity index is 1.43. The Labute approximate surface area is 179 Å². The SMILES string of the molecule is Cc1ccc(-c2n[nH]c(=S)n2CC(=O)Nc2ccc(Nc3ccccc3)cc2)cc1. The number of carbonyl (C=O) groups is 1. The first kappa shape index (κ1) is 19.6. The van der Waals surface area contributed by atoms with Crippen molar-refractivity contribution in [2.75, 3.05) is 10.6 Å².